The van der Waals surface area contributed by atoms with Gasteiger partial charge >= 0.3 is 5.69 Å². The molecule has 0 atom stereocenters. The molecule has 0 saturated heterocycles. The first-order chi connectivity index (χ1) is 9.02. The lowest BCUT2D eigenvalue weighted by molar-refractivity contribution is -0.384. The minimum absolute atomic E-state index is 0.0961. The first-order valence-electron chi connectivity index (χ1n) is 5.42. The average Bonchev–Trinajstić information content (AvgIpc) is 2.37. The highest BCUT2D eigenvalue weighted by molar-refractivity contribution is 5.99. The summed E-state index contributed by atoms with van der Waals surface area (Å²) < 4.78 is 0. The van der Waals surface area contributed by atoms with Gasteiger partial charge < -0.3 is 10.6 Å². The molecular weight excluding hydrogens is 248 g/mol. The van der Waals surface area contributed by atoms with E-state index in [2.05, 4.69) is 18.1 Å². The van der Waals surface area contributed by atoms with E-state index in [-0.39, 0.29) is 24.5 Å². The maximum Gasteiger partial charge on any atom is 0.323 e. The van der Waals surface area contributed by atoms with Gasteiger partial charge in [0.15, 0.2) is 0 Å². The Kier molecular flexibility index (Phi) is 4.76. The molecule has 0 saturated carbocycles. The molecule has 1 aromatic heterocycles. The summed E-state index contributed by atoms with van der Waals surface area (Å²) in [6.45, 7) is 7.58. The summed E-state index contributed by atoms with van der Waals surface area (Å²) in [5, 5.41) is 11.0. The minimum Gasteiger partial charge on any atom is -0.378 e. The van der Waals surface area contributed by atoms with E-state index in [0.717, 1.165) is 0 Å². The van der Waals surface area contributed by atoms with E-state index >= 15 is 0 Å². The number of carbonyl (C=O) groups excluding carboxylic acids is 1. The number of rotatable bonds is 6. The van der Waals surface area contributed by atoms with Crippen molar-refractivity contribution in [3.63, 3.8) is 0 Å². The number of nitrogens with two attached hydrogens (primary N) is 1. The molecule has 2 N–H and O–H groups in total. The zero-order valence-electron chi connectivity index (χ0n) is 10.3. The number of nitrogens with zero attached hydrogens (tertiary/aromatic N) is 3. The summed E-state index contributed by atoms with van der Waals surface area (Å²) in [5.41, 5.74) is 4.87. The maximum absolute atomic E-state index is 12.2. The van der Waals surface area contributed by atoms with Crippen LogP contribution < -0.4 is 5.73 Å². The number of anilines is 1. The van der Waals surface area contributed by atoms with Gasteiger partial charge in [0.2, 0.25) is 5.82 Å². The molecule has 100 valence electrons. The van der Waals surface area contributed by atoms with Crippen LogP contribution >= 0.6 is 0 Å². The summed E-state index contributed by atoms with van der Waals surface area (Å²) >= 11 is 0. The van der Waals surface area contributed by atoms with Gasteiger partial charge in [-0.25, -0.2) is 4.98 Å². The van der Waals surface area contributed by atoms with E-state index in [1.807, 2.05) is 0 Å². The third kappa shape index (κ3) is 3.15. The first-order valence-corrected chi connectivity index (χ1v) is 5.42. The van der Waals surface area contributed by atoms with Crippen LogP contribution in [0.15, 0.2) is 37.6 Å². The van der Waals surface area contributed by atoms with Gasteiger partial charge in [0.25, 0.3) is 5.91 Å². The Morgan fingerprint density at radius 1 is 1.47 bits per heavy atom. The van der Waals surface area contributed by atoms with Crippen molar-refractivity contribution in [2.24, 2.45) is 0 Å². The fourth-order valence-electron chi connectivity index (χ4n) is 1.56. The van der Waals surface area contributed by atoms with E-state index in [1.165, 1.54) is 29.3 Å². The molecule has 0 aliphatic carbocycles. The van der Waals surface area contributed by atoms with Gasteiger partial charge in [-0.3, -0.25) is 14.9 Å². The molecule has 0 bridgehead atoms. The fraction of sp³-hybridized carbons (Fsp3) is 0.167. The van der Waals surface area contributed by atoms with Gasteiger partial charge in [0.05, 0.1) is 4.92 Å². The predicted octanol–water partition coefficient (Wildman–Crippen LogP) is 1.39. The molecule has 0 aliphatic heterocycles. The Balaban J connectivity index is 3.24. The number of nitro groups is 1. The van der Waals surface area contributed by atoms with Crippen LogP contribution in [-0.2, 0) is 0 Å². The van der Waals surface area contributed by atoms with Crippen molar-refractivity contribution in [3.8, 4) is 0 Å². The zero-order chi connectivity index (χ0) is 14.4. The number of aromatic nitrogens is 1. The van der Waals surface area contributed by atoms with Crippen LogP contribution in [0.4, 0.5) is 11.5 Å². The van der Waals surface area contributed by atoms with E-state index in [4.69, 9.17) is 5.73 Å². The summed E-state index contributed by atoms with van der Waals surface area (Å²) in [4.78, 5) is 27.5. The van der Waals surface area contributed by atoms with E-state index in [9.17, 15) is 14.9 Å². The molecule has 7 heteroatoms. The molecule has 0 aromatic carbocycles. The molecule has 1 heterocycles. The van der Waals surface area contributed by atoms with Crippen LogP contribution in [0, 0.1) is 10.1 Å². The van der Waals surface area contributed by atoms with Crippen LogP contribution in [0.5, 0.6) is 0 Å². The molecule has 1 aromatic rings. The lowest BCUT2D eigenvalue weighted by Gasteiger charge is -2.19. The van der Waals surface area contributed by atoms with Gasteiger partial charge in [-0.05, 0) is 6.07 Å². The summed E-state index contributed by atoms with van der Waals surface area (Å²) in [5.74, 6) is -0.798. The molecule has 0 fully saturated rings. The number of hydrogen-bond acceptors (Lipinski definition) is 5. The smallest absolute Gasteiger partial charge is 0.323 e. The van der Waals surface area contributed by atoms with Crippen LogP contribution in [-0.4, -0.2) is 33.8 Å². The highest BCUT2D eigenvalue weighted by Crippen LogP contribution is 2.24. The van der Waals surface area contributed by atoms with Crippen LogP contribution in [0.25, 0.3) is 0 Å². The van der Waals surface area contributed by atoms with Crippen molar-refractivity contribution in [3.05, 3.63) is 53.3 Å². The Bertz CT molecular complexity index is 518. The molecule has 0 aliphatic rings. The Morgan fingerprint density at radius 3 is 2.53 bits per heavy atom. The number of pyridine rings is 1. The summed E-state index contributed by atoms with van der Waals surface area (Å²) in [6.07, 6.45) is 4.31. The number of hydrogen-bond donors (Lipinski definition) is 1. The highest BCUT2D eigenvalue weighted by Gasteiger charge is 2.26. The Labute approximate surface area is 110 Å². The molecule has 1 amide bonds. The standard InChI is InChI=1S/C12H14N4O3/c1-3-7-15(8-4-2)12(17)9-5-6-14-11(13)10(9)16(18)19/h3-6H,1-2,7-8H2,(H2,13,14). The summed E-state index contributed by atoms with van der Waals surface area (Å²) in [6, 6.07) is 1.27. The molecule has 0 unspecified atom stereocenters. The monoisotopic (exact) mass is 262 g/mol. The second-order valence-electron chi connectivity index (χ2n) is 3.64. The van der Waals surface area contributed by atoms with Crippen LogP contribution in [0.3, 0.4) is 0 Å². The van der Waals surface area contributed by atoms with Gasteiger partial charge in [-0.15, -0.1) is 13.2 Å². The topological polar surface area (TPSA) is 102 Å². The molecule has 1 rings (SSSR count). The van der Waals surface area contributed by atoms with Gasteiger partial charge in [-0.1, -0.05) is 12.2 Å². The SMILES string of the molecule is C=CCN(CC=C)C(=O)c1ccnc(N)c1[N+](=O)[O-]. The molecule has 7 nitrogen and oxygen atoms in total. The zero-order valence-corrected chi connectivity index (χ0v) is 10.3. The van der Waals surface area contributed by atoms with Gasteiger partial charge in [-0.2, -0.15) is 0 Å². The largest absolute Gasteiger partial charge is 0.378 e. The normalized spacial score (nSPS) is 9.68. The van der Waals surface area contributed by atoms with Crippen molar-refractivity contribution in [1.29, 1.82) is 0 Å². The molecular formula is C12H14N4O3. The van der Waals surface area contributed by atoms with Crippen molar-refractivity contribution in [2.75, 3.05) is 18.8 Å². The van der Waals surface area contributed by atoms with Crippen molar-refractivity contribution < 1.29 is 9.72 Å². The Morgan fingerprint density at radius 2 is 2.05 bits per heavy atom. The van der Waals surface area contributed by atoms with Crippen molar-refractivity contribution >= 4 is 17.4 Å². The fourth-order valence-corrected chi connectivity index (χ4v) is 1.56. The maximum atomic E-state index is 12.2. The lowest BCUT2D eigenvalue weighted by Crippen LogP contribution is -2.32. The third-order valence-electron chi connectivity index (χ3n) is 2.35. The molecule has 0 radical (unpaired) electrons. The predicted molar refractivity (Wildman–Crippen MR) is 71.6 cm³/mol. The van der Waals surface area contributed by atoms with Crippen molar-refractivity contribution in [2.45, 2.75) is 0 Å². The third-order valence-corrected chi connectivity index (χ3v) is 2.35. The molecule has 19 heavy (non-hydrogen) atoms. The second-order valence-corrected chi connectivity index (χ2v) is 3.64. The van der Waals surface area contributed by atoms with Gasteiger partial charge in [0.1, 0.15) is 5.56 Å². The number of amides is 1. The quantitative estimate of drug-likeness (QED) is 0.474. The van der Waals surface area contributed by atoms with Gasteiger partial charge in [0, 0.05) is 19.3 Å². The van der Waals surface area contributed by atoms with Crippen LogP contribution in [0.2, 0.25) is 0 Å². The first kappa shape index (κ1) is 14.4. The summed E-state index contributed by atoms with van der Waals surface area (Å²) in [7, 11) is 0. The number of carbonyl (C=O) groups is 1. The minimum atomic E-state index is -0.713. The highest BCUT2D eigenvalue weighted by atomic mass is 16.6. The Hall–Kier alpha value is -2.70. The van der Waals surface area contributed by atoms with Crippen LogP contribution in [0.1, 0.15) is 10.4 Å². The van der Waals surface area contributed by atoms with Crippen molar-refractivity contribution in [1.82, 2.24) is 9.88 Å². The lowest BCUT2D eigenvalue weighted by atomic mass is 10.2. The second kappa shape index (κ2) is 6.29. The average molecular weight is 262 g/mol. The van der Waals surface area contributed by atoms with E-state index in [0.29, 0.717) is 0 Å². The molecule has 0 spiro atoms. The van der Waals surface area contributed by atoms with E-state index in [1.54, 1.807) is 0 Å². The van der Waals surface area contributed by atoms with E-state index < -0.39 is 16.5 Å². The number of nitrogen functional groups attached to an aromatic ring is 1.